The van der Waals surface area contributed by atoms with E-state index in [1.807, 2.05) is 25.3 Å². The molecule has 1 saturated heterocycles. The molecule has 1 aliphatic rings. The Balaban J connectivity index is 1.94. The van der Waals surface area contributed by atoms with Gasteiger partial charge in [0, 0.05) is 31.2 Å². The summed E-state index contributed by atoms with van der Waals surface area (Å²) in [6.45, 7) is 3.41. The molecule has 0 bridgehead atoms. The maximum atomic E-state index is 5.71. The molecule has 0 amide bonds. The van der Waals surface area contributed by atoms with E-state index in [1.54, 1.807) is 6.20 Å². The molecule has 2 aromatic rings. The zero-order chi connectivity index (χ0) is 13.9. The minimum absolute atomic E-state index is 0.316. The van der Waals surface area contributed by atoms with Gasteiger partial charge in [-0.1, -0.05) is 6.07 Å². The van der Waals surface area contributed by atoms with Crippen LogP contribution in [0.15, 0.2) is 30.6 Å². The third-order valence-electron chi connectivity index (χ3n) is 3.68. The van der Waals surface area contributed by atoms with E-state index in [2.05, 4.69) is 25.9 Å². The van der Waals surface area contributed by atoms with E-state index in [1.165, 1.54) is 5.56 Å². The number of pyridine rings is 1. The van der Waals surface area contributed by atoms with Crippen molar-refractivity contribution in [3.05, 3.63) is 47.5 Å². The highest BCUT2D eigenvalue weighted by Gasteiger charge is 2.28. The van der Waals surface area contributed by atoms with Crippen molar-refractivity contribution in [3.8, 4) is 0 Å². The summed E-state index contributed by atoms with van der Waals surface area (Å²) in [5, 5.41) is 0. The summed E-state index contributed by atoms with van der Waals surface area (Å²) >= 11 is 0. The SMILES string of the molecule is Cc1cc(CN)nc(N2CCCC2c2cccnc2)n1. The van der Waals surface area contributed by atoms with E-state index in [4.69, 9.17) is 5.73 Å². The van der Waals surface area contributed by atoms with Crippen LogP contribution < -0.4 is 10.6 Å². The second-order valence-electron chi connectivity index (χ2n) is 5.14. The first-order valence-corrected chi connectivity index (χ1v) is 6.99. The Hall–Kier alpha value is -2.01. The van der Waals surface area contributed by atoms with Crippen LogP contribution in [0.3, 0.4) is 0 Å². The molecular formula is C15H19N5. The number of hydrogen-bond donors (Lipinski definition) is 1. The number of nitrogens with two attached hydrogens (primary N) is 1. The summed E-state index contributed by atoms with van der Waals surface area (Å²) in [4.78, 5) is 15.6. The van der Waals surface area contributed by atoms with Gasteiger partial charge in [0.2, 0.25) is 5.95 Å². The van der Waals surface area contributed by atoms with Crippen molar-refractivity contribution in [2.45, 2.75) is 32.4 Å². The average Bonchev–Trinajstić information content (AvgIpc) is 2.97. The Labute approximate surface area is 118 Å². The van der Waals surface area contributed by atoms with Gasteiger partial charge in [0.25, 0.3) is 0 Å². The number of rotatable bonds is 3. The van der Waals surface area contributed by atoms with Gasteiger partial charge in [-0.25, -0.2) is 9.97 Å². The van der Waals surface area contributed by atoms with E-state index < -0.39 is 0 Å². The van der Waals surface area contributed by atoms with E-state index >= 15 is 0 Å². The lowest BCUT2D eigenvalue weighted by Gasteiger charge is -2.25. The Morgan fingerprint density at radius 1 is 1.40 bits per heavy atom. The molecule has 5 heteroatoms. The summed E-state index contributed by atoms with van der Waals surface area (Å²) in [5.74, 6) is 0.789. The zero-order valence-corrected chi connectivity index (χ0v) is 11.7. The van der Waals surface area contributed by atoms with Gasteiger partial charge in [-0.15, -0.1) is 0 Å². The van der Waals surface area contributed by atoms with Crippen molar-refractivity contribution in [3.63, 3.8) is 0 Å². The molecule has 0 radical (unpaired) electrons. The molecule has 5 nitrogen and oxygen atoms in total. The second kappa shape index (κ2) is 5.54. The predicted octanol–water partition coefficient (Wildman–Crippen LogP) is 1.98. The van der Waals surface area contributed by atoms with Crippen molar-refractivity contribution in [1.29, 1.82) is 0 Å². The fraction of sp³-hybridized carbons (Fsp3) is 0.400. The minimum atomic E-state index is 0.316. The molecule has 2 N–H and O–H groups in total. The largest absolute Gasteiger partial charge is 0.334 e. The first-order chi connectivity index (χ1) is 9.78. The molecule has 0 aliphatic carbocycles. The highest BCUT2D eigenvalue weighted by atomic mass is 15.3. The summed E-state index contributed by atoms with van der Waals surface area (Å²) in [7, 11) is 0. The van der Waals surface area contributed by atoms with Gasteiger partial charge in [-0.3, -0.25) is 4.98 Å². The lowest BCUT2D eigenvalue weighted by atomic mass is 10.1. The molecule has 0 aromatic carbocycles. The van der Waals surface area contributed by atoms with Crippen LogP contribution in [0.4, 0.5) is 5.95 Å². The van der Waals surface area contributed by atoms with Gasteiger partial charge in [0.15, 0.2) is 0 Å². The minimum Gasteiger partial charge on any atom is -0.334 e. The van der Waals surface area contributed by atoms with Crippen molar-refractivity contribution in [1.82, 2.24) is 15.0 Å². The van der Waals surface area contributed by atoms with Gasteiger partial charge >= 0.3 is 0 Å². The molecule has 3 rings (SSSR count). The summed E-state index contributed by atoms with van der Waals surface area (Å²) in [6, 6.07) is 6.36. The molecule has 1 aliphatic heterocycles. The molecule has 1 fully saturated rings. The number of hydrogen-bond acceptors (Lipinski definition) is 5. The van der Waals surface area contributed by atoms with Gasteiger partial charge in [-0.2, -0.15) is 0 Å². The lowest BCUT2D eigenvalue weighted by molar-refractivity contribution is 0.693. The van der Waals surface area contributed by atoms with Gasteiger partial charge in [0.1, 0.15) is 0 Å². The number of nitrogens with zero attached hydrogens (tertiary/aromatic N) is 4. The number of aromatic nitrogens is 3. The fourth-order valence-electron chi connectivity index (χ4n) is 2.78. The Kier molecular flexibility index (Phi) is 3.60. The molecule has 1 atom stereocenters. The molecule has 0 spiro atoms. The van der Waals surface area contributed by atoms with Crippen LogP contribution in [-0.4, -0.2) is 21.5 Å². The maximum Gasteiger partial charge on any atom is 0.226 e. The first kappa shape index (κ1) is 13.0. The van der Waals surface area contributed by atoms with Crippen LogP contribution in [-0.2, 0) is 6.54 Å². The van der Waals surface area contributed by atoms with Crippen LogP contribution in [0.2, 0.25) is 0 Å². The molecule has 20 heavy (non-hydrogen) atoms. The van der Waals surface area contributed by atoms with E-state index in [9.17, 15) is 0 Å². The molecular weight excluding hydrogens is 250 g/mol. The summed E-state index contributed by atoms with van der Waals surface area (Å²) < 4.78 is 0. The normalized spacial score (nSPS) is 18.5. The van der Waals surface area contributed by atoms with E-state index in [0.29, 0.717) is 12.6 Å². The molecule has 1 unspecified atom stereocenters. The van der Waals surface area contributed by atoms with Crippen LogP contribution >= 0.6 is 0 Å². The number of anilines is 1. The lowest BCUT2D eigenvalue weighted by Crippen LogP contribution is -2.25. The van der Waals surface area contributed by atoms with Crippen molar-refractivity contribution < 1.29 is 0 Å². The highest BCUT2D eigenvalue weighted by Crippen LogP contribution is 2.34. The standard InChI is InChI=1S/C15H19N5/c1-11-8-13(9-16)19-15(18-11)20-7-3-5-14(20)12-4-2-6-17-10-12/h2,4,6,8,10,14H,3,5,7,9,16H2,1H3. The van der Waals surface area contributed by atoms with Crippen molar-refractivity contribution in [2.24, 2.45) is 5.73 Å². The Morgan fingerprint density at radius 2 is 2.30 bits per heavy atom. The van der Waals surface area contributed by atoms with Crippen molar-refractivity contribution >= 4 is 5.95 Å². The Morgan fingerprint density at radius 3 is 3.05 bits per heavy atom. The molecule has 3 heterocycles. The van der Waals surface area contributed by atoms with Crippen molar-refractivity contribution in [2.75, 3.05) is 11.4 Å². The third-order valence-corrected chi connectivity index (χ3v) is 3.68. The summed E-state index contributed by atoms with van der Waals surface area (Å²) in [6.07, 6.45) is 6.00. The first-order valence-electron chi connectivity index (χ1n) is 6.99. The summed E-state index contributed by atoms with van der Waals surface area (Å²) in [5.41, 5.74) is 8.80. The van der Waals surface area contributed by atoms with Gasteiger partial charge < -0.3 is 10.6 Å². The van der Waals surface area contributed by atoms with Crippen LogP contribution in [0, 0.1) is 6.92 Å². The van der Waals surface area contributed by atoms with Gasteiger partial charge in [-0.05, 0) is 37.5 Å². The van der Waals surface area contributed by atoms with Crippen LogP contribution in [0.5, 0.6) is 0 Å². The van der Waals surface area contributed by atoms with E-state index in [-0.39, 0.29) is 0 Å². The van der Waals surface area contributed by atoms with Crippen LogP contribution in [0.25, 0.3) is 0 Å². The van der Waals surface area contributed by atoms with E-state index in [0.717, 1.165) is 36.7 Å². The molecule has 2 aromatic heterocycles. The predicted molar refractivity (Wildman–Crippen MR) is 78.2 cm³/mol. The maximum absolute atomic E-state index is 5.71. The highest BCUT2D eigenvalue weighted by molar-refractivity contribution is 5.39. The second-order valence-corrected chi connectivity index (χ2v) is 5.14. The molecule has 0 saturated carbocycles. The monoisotopic (exact) mass is 269 g/mol. The topological polar surface area (TPSA) is 67.9 Å². The smallest absolute Gasteiger partial charge is 0.226 e. The third kappa shape index (κ3) is 2.49. The fourth-order valence-corrected chi connectivity index (χ4v) is 2.78. The van der Waals surface area contributed by atoms with Gasteiger partial charge in [0.05, 0.1) is 11.7 Å². The quantitative estimate of drug-likeness (QED) is 0.922. The molecule has 104 valence electrons. The average molecular weight is 269 g/mol. The van der Waals surface area contributed by atoms with Crippen LogP contribution in [0.1, 0.15) is 35.8 Å². The number of aryl methyl sites for hydroxylation is 1. The zero-order valence-electron chi connectivity index (χ0n) is 11.7. The Bertz CT molecular complexity index is 584.